The van der Waals surface area contributed by atoms with E-state index in [0.29, 0.717) is 5.25 Å². The van der Waals surface area contributed by atoms with Gasteiger partial charge in [-0.05, 0) is 49.8 Å². The summed E-state index contributed by atoms with van der Waals surface area (Å²) in [6.45, 7) is 6.67. The smallest absolute Gasteiger partial charge is 0.0421 e. The van der Waals surface area contributed by atoms with Crippen LogP contribution in [0.3, 0.4) is 0 Å². The predicted octanol–water partition coefficient (Wildman–Crippen LogP) is 2.24. The third-order valence-electron chi connectivity index (χ3n) is 4.48. The zero-order valence-corrected chi connectivity index (χ0v) is 11.5. The zero-order chi connectivity index (χ0) is 11.6. The van der Waals surface area contributed by atoms with Gasteiger partial charge in [0.25, 0.3) is 0 Å². The molecule has 1 heterocycles. The van der Waals surface area contributed by atoms with Crippen LogP contribution < -0.4 is 11.1 Å². The Kier molecular flexibility index (Phi) is 4.20. The molecule has 0 radical (unpaired) electrons. The molecule has 2 nitrogen and oxygen atoms in total. The van der Waals surface area contributed by atoms with E-state index in [1.165, 1.54) is 31.4 Å². The summed E-state index contributed by atoms with van der Waals surface area (Å²) in [5.41, 5.74) is 6.25. The second-order valence-electron chi connectivity index (χ2n) is 5.67. The maximum Gasteiger partial charge on any atom is 0.0421 e. The van der Waals surface area contributed by atoms with E-state index in [9.17, 15) is 0 Å². The van der Waals surface area contributed by atoms with Gasteiger partial charge in [-0.3, -0.25) is 0 Å². The van der Waals surface area contributed by atoms with E-state index in [0.717, 1.165) is 24.9 Å². The monoisotopic (exact) mass is 242 g/mol. The minimum absolute atomic E-state index is 0.214. The Morgan fingerprint density at radius 3 is 2.81 bits per heavy atom. The highest BCUT2D eigenvalue weighted by molar-refractivity contribution is 8.00. The van der Waals surface area contributed by atoms with Crippen LogP contribution in [0.4, 0.5) is 0 Å². The van der Waals surface area contributed by atoms with E-state index in [-0.39, 0.29) is 5.54 Å². The molecule has 3 N–H and O–H groups in total. The average Bonchev–Trinajstić information content (AvgIpc) is 3.12. The normalized spacial score (nSPS) is 37.3. The lowest BCUT2D eigenvalue weighted by Gasteiger charge is -2.43. The first-order valence-corrected chi connectivity index (χ1v) is 7.79. The van der Waals surface area contributed by atoms with Crippen molar-refractivity contribution in [2.45, 2.75) is 50.3 Å². The second-order valence-corrected chi connectivity index (χ2v) is 7.12. The van der Waals surface area contributed by atoms with Gasteiger partial charge >= 0.3 is 0 Å². The predicted molar refractivity (Wildman–Crippen MR) is 72.8 cm³/mol. The third kappa shape index (κ3) is 2.74. The van der Waals surface area contributed by atoms with Crippen LogP contribution in [-0.2, 0) is 0 Å². The van der Waals surface area contributed by atoms with Crippen molar-refractivity contribution in [2.75, 3.05) is 18.8 Å². The molecule has 2 rings (SSSR count). The van der Waals surface area contributed by atoms with Crippen molar-refractivity contribution in [3.63, 3.8) is 0 Å². The Hall–Kier alpha value is 0.270. The van der Waals surface area contributed by atoms with Crippen LogP contribution >= 0.6 is 11.8 Å². The molecule has 3 atom stereocenters. The van der Waals surface area contributed by atoms with Crippen LogP contribution in [-0.4, -0.2) is 29.6 Å². The van der Waals surface area contributed by atoms with Crippen molar-refractivity contribution in [3.8, 4) is 0 Å². The molecule has 0 amide bonds. The molecule has 2 aliphatic rings. The standard InChI is InChI=1S/C13H26N2S/c1-10(12-4-5-12)8-15-13(9-14)6-3-7-16-11(13)2/h10-12,15H,3-9,14H2,1-2H3. The number of nitrogens with two attached hydrogens (primary N) is 1. The molecule has 1 aliphatic heterocycles. The highest BCUT2D eigenvalue weighted by Crippen LogP contribution is 2.37. The van der Waals surface area contributed by atoms with E-state index < -0.39 is 0 Å². The van der Waals surface area contributed by atoms with Crippen LogP contribution in [0.25, 0.3) is 0 Å². The summed E-state index contributed by atoms with van der Waals surface area (Å²) in [4.78, 5) is 0. The minimum atomic E-state index is 0.214. The maximum atomic E-state index is 6.03. The van der Waals surface area contributed by atoms with Gasteiger partial charge in [-0.25, -0.2) is 0 Å². The van der Waals surface area contributed by atoms with Crippen molar-refractivity contribution in [3.05, 3.63) is 0 Å². The lowest BCUT2D eigenvalue weighted by atomic mass is 9.88. The molecule has 1 saturated heterocycles. The zero-order valence-electron chi connectivity index (χ0n) is 10.7. The van der Waals surface area contributed by atoms with Gasteiger partial charge in [-0.1, -0.05) is 13.8 Å². The largest absolute Gasteiger partial charge is 0.329 e. The fourth-order valence-electron chi connectivity index (χ4n) is 2.78. The highest BCUT2D eigenvalue weighted by atomic mass is 32.2. The van der Waals surface area contributed by atoms with Crippen molar-refractivity contribution < 1.29 is 0 Å². The molecule has 0 spiro atoms. The SMILES string of the molecule is CC(CNC1(CN)CCCSC1C)C1CC1. The molecule has 16 heavy (non-hydrogen) atoms. The molecule has 0 aromatic heterocycles. The first-order chi connectivity index (χ1) is 7.68. The van der Waals surface area contributed by atoms with Gasteiger partial charge < -0.3 is 11.1 Å². The van der Waals surface area contributed by atoms with E-state index >= 15 is 0 Å². The molecule has 0 bridgehead atoms. The fraction of sp³-hybridized carbons (Fsp3) is 1.00. The quantitative estimate of drug-likeness (QED) is 0.776. The third-order valence-corrected chi connectivity index (χ3v) is 5.96. The topological polar surface area (TPSA) is 38.0 Å². The summed E-state index contributed by atoms with van der Waals surface area (Å²) < 4.78 is 0. The second kappa shape index (κ2) is 5.28. The summed E-state index contributed by atoms with van der Waals surface area (Å²) in [7, 11) is 0. The number of nitrogens with one attached hydrogen (secondary N) is 1. The van der Waals surface area contributed by atoms with Gasteiger partial charge in [0.05, 0.1) is 0 Å². The lowest BCUT2D eigenvalue weighted by molar-refractivity contribution is 0.274. The van der Waals surface area contributed by atoms with Crippen molar-refractivity contribution in [2.24, 2.45) is 17.6 Å². The van der Waals surface area contributed by atoms with Gasteiger partial charge in [-0.15, -0.1) is 0 Å². The Morgan fingerprint density at radius 1 is 1.50 bits per heavy atom. The van der Waals surface area contributed by atoms with Crippen LogP contribution in [0, 0.1) is 11.8 Å². The van der Waals surface area contributed by atoms with Gasteiger partial charge in [0.15, 0.2) is 0 Å². The average molecular weight is 242 g/mol. The van der Waals surface area contributed by atoms with Gasteiger partial charge in [0.2, 0.25) is 0 Å². The van der Waals surface area contributed by atoms with E-state index in [2.05, 4.69) is 30.9 Å². The number of rotatable bonds is 5. The number of hydrogen-bond acceptors (Lipinski definition) is 3. The van der Waals surface area contributed by atoms with Gasteiger partial charge in [0, 0.05) is 17.3 Å². The van der Waals surface area contributed by atoms with Crippen molar-refractivity contribution in [1.82, 2.24) is 5.32 Å². The number of thioether (sulfide) groups is 1. The molecule has 0 aromatic carbocycles. The van der Waals surface area contributed by atoms with Crippen LogP contribution in [0.15, 0.2) is 0 Å². The Balaban J connectivity index is 1.86. The molecular weight excluding hydrogens is 216 g/mol. The molecule has 2 fully saturated rings. The first-order valence-electron chi connectivity index (χ1n) is 6.74. The Labute approximate surface area is 104 Å². The molecule has 3 unspecified atom stereocenters. The molecule has 3 heteroatoms. The molecule has 1 saturated carbocycles. The molecule has 94 valence electrons. The summed E-state index contributed by atoms with van der Waals surface area (Å²) in [6.07, 6.45) is 5.47. The van der Waals surface area contributed by atoms with Crippen molar-refractivity contribution >= 4 is 11.8 Å². The van der Waals surface area contributed by atoms with E-state index in [1.807, 2.05) is 0 Å². The van der Waals surface area contributed by atoms with E-state index in [1.54, 1.807) is 0 Å². The Morgan fingerprint density at radius 2 is 2.25 bits per heavy atom. The minimum Gasteiger partial charge on any atom is -0.329 e. The van der Waals surface area contributed by atoms with Crippen LogP contribution in [0.2, 0.25) is 0 Å². The summed E-state index contributed by atoms with van der Waals surface area (Å²) in [5, 5.41) is 4.47. The molecular formula is C13H26N2S. The first kappa shape index (κ1) is 12.7. The lowest BCUT2D eigenvalue weighted by Crippen LogP contribution is -2.59. The summed E-state index contributed by atoms with van der Waals surface area (Å²) in [5.74, 6) is 3.14. The maximum absolute atomic E-state index is 6.03. The Bertz CT molecular complexity index is 230. The molecule has 0 aromatic rings. The van der Waals surface area contributed by atoms with E-state index in [4.69, 9.17) is 5.73 Å². The number of hydrogen-bond donors (Lipinski definition) is 2. The fourth-order valence-corrected chi connectivity index (χ4v) is 4.06. The van der Waals surface area contributed by atoms with Crippen LogP contribution in [0.5, 0.6) is 0 Å². The van der Waals surface area contributed by atoms with Crippen molar-refractivity contribution in [1.29, 1.82) is 0 Å². The summed E-state index contributed by atoms with van der Waals surface area (Å²) >= 11 is 2.08. The molecule has 1 aliphatic carbocycles. The highest BCUT2D eigenvalue weighted by Gasteiger charge is 2.38. The van der Waals surface area contributed by atoms with Crippen LogP contribution in [0.1, 0.15) is 39.5 Å². The van der Waals surface area contributed by atoms with Gasteiger partial charge in [0.1, 0.15) is 0 Å². The van der Waals surface area contributed by atoms with Gasteiger partial charge in [-0.2, -0.15) is 11.8 Å². The summed E-state index contributed by atoms with van der Waals surface area (Å²) in [6, 6.07) is 0.